The summed E-state index contributed by atoms with van der Waals surface area (Å²) in [5.41, 5.74) is 2.68. The summed E-state index contributed by atoms with van der Waals surface area (Å²) in [4.78, 5) is 13.3. The summed E-state index contributed by atoms with van der Waals surface area (Å²) in [5, 5.41) is 7.74. The lowest BCUT2D eigenvalue weighted by atomic mass is 9.40. The van der Waals surface area contributed by atoms with Crippen molar-refractivity contribution in [1.82, 2.24) is 14.9 Å². The first-order valence-corrected chi connectivity index (χ1v) is 10.3. The van der Waals surface area contributed by atoms with Gasteiger partial charge in [-0.25, -0.2) is 13.5 Å². The Morgan fingerprint density at radius 2 is 1.88 bits per heavy atom. The average molecular weight is 384 g/mol. The maximum Gasteiger partial charge on any atom is 0.299 e. The monoisotopic (exact) mass is 384 g/mol. The highest BCUT2D eigenvalue weighted by atomic mass is 32.2. The Bertz CT molecular complexity index is 719. The van der Waals surface area contributed by atoms with E-state index in [1.807, 2.05) is 6.92 Å². The van der Waals surface area contributed by atoms with E-state index in [-0.39, 0.29) is 16.7 Å². The first-order valence-electron chi connectivity index (χ1n) is 9.35. The van der Waals surface area contributed by atoms with E-state index in [0.717, 1.165) is 30.4 Å². The van der Waals surface area contributed by atoms with Gasteiger partial charge in [-0.3, -0.25) is 10.2 Å². The predicted molar refractivity (Wildman–Crippen MR) is 95.6 cm³/mol. The van der Waals surface area contributed by atoms with Crippen LogP contribution in [0.1, 0.15) is 71.5 Å². The lowest BCUT2D eigenvalue weighted by Gasteiger charge is -2.64. The van der Waals surface area contributed by atoms with Crippen molar-refractivity contribution >= 4 is 17.7 Å². The molecule has 1 aromatic heterocycles. The lowest BCUT2D eigenvalue weighted by molar-refractivity contribution is -0.166. The molecule has 0 radical (unpaired) electrons. The van der Waals surface area contributed by atoms with Gasteiger partial charge in [0.15, 0.2) is 0 Å². The fourth-order valence-corrected chi connectivity index (χ4v) is 7.30. The van der Waals surface area contributed by atoms with Crippen LogP contribution >= 0.6 is 11.8 Å². The van der Waals surface area contributed by atoms with Gasteiger partial charge >= 0.3 is 0 Å². The standard InChI is InChI=1S/C18H26F2N4OS/c1-4-26-15-22-21-13(12(19)20)24(15)23-14(25)18-7-11-5-16(2,9-18)8-17(3,6-11)10-18/h11-12H,4-10H2,1-3H3,(H,23,25)/t11?,16-,17-,18?/m0/s1. The summed E-state index contributed by atoms with van der Waals surface area (Å²) >= 11 is 1.30. The number of hydrogen-bond donors (Lipinski definition) is 1. The van der Waals surface area contributed by atoms with Crippen LogP contribution in [0.5, 0.6) is 0 Å². The Hall–Kier alpha value is -1.18. The molecule has 26 heavy (non-hydrogen) atoms. The van der Waals surface area contributed by atoms with Crippen LogP contribution in [0.2, 0.25) is 0 Å². The molecule has 1 aromatic rings. The topological polar surface area (TPSA) is 59.8 Å². The highest BCUT2D eigenvalue weighted by molar-refractivity contribution is 7.99. The Morgan fingerprint density at radius 1 is 1.23 bits per heavy atom. The van der Waals surface area contributed by atoms with E-state index in [1.165, 1.54) is 24.6 Å². The molecule has 0 saturated heterocycles. The molecule has 4 fully saturated rings. The smallest absolute Gasteiger partial charge is 0.273 e. The van der Waals surface area contributed by atoms with E-state index >= 15 is 0 Å². The molecule has 1 N–H and O–H groups in total. The summed E-state index contributed by atoms with van der Waals surface area (Å²) in [7, 11) is 0. The van der Waals surface area contributed by atoms with Crippen LogP contribution in [0.25, 0.3) is 0 Å². The molecule has 1 amide bonds. The maximum atomic E-state index is 13.3. The fourth-order valence-electron chi connectivity index (χ4n) is 6.67. The van der Waals surface area contributed by atoms with E-state index in [0.29, 0.717) is 16.8 Å². The van der Waals surface area contributed by atoms with E-state index < -0.39 is 17.7 Å². The van der Waals surface area contributed by atoms with Crippen molar-refractivity contribution in [3.63, 3.8) is 0 Å². The van der Waals surface area contributed by atoms with Crippen LogP contribution < -0.4 is 5.43 Å². The van der Waals surface area contributed by atoms with Crippen molar-refractivity contribution < 1.29 is 13.6 Å². The first kappa shape index (κ1) is 18.2. The highest BCUT2D eigenvalue weighted by Crippen LogP contribution is 2.69. The van der Waals surface area contributed by atoms with Crippen molar-refractivity contribution in [2.75, 3.05) is 11.2 Å². The Morgan fingerprint density at radius 3 is 2.42 bits per heavy atom. The van der Waals surface area contributed by atoms with Gasteiger partial charge in [-0.2, -0.15) is 0 Å². The predicted octanol–water partition coefficient (Wildman–Crippen LogP) is 4.39. The molecule has 5 nitrogen and oxygen atoms in total. The van der Waals surface area contributed by atoms with Crippen molar-refractivity contribution in [1.29, 1.82) is 0 Å². The minimum absolute atomic E-state index is 0.140. The number of amides is 1. The summed E-state index contributed by atoms with van der Waals surface area (Å²) in [5.74, 6) is 0.600. The minimum atomic E-state index is -2.78. The summed E-state index contributed by atoms with van der Waals surface area (Å²) in [6.07, 6.45) is 3.32. The second-order valence-corrected chi connectivity index (χ2v) is 10.5. The molecule has 5 rings (SSSR count). The fraction of sp³-hybridized carbons (Fsp3) is 0.833. The SMILES string of the molecule is CCSc1nnc(C(F)F)n1NC(=O)C12CC3C[C@](C)(C1)C[C@](C)(C3)C2. The van der Waals surface area contributed by atoms with Gasteiger partial charge in [0.1, 0.15) is 0 Å². The van der Waals surface area contributed by atoms with Crippen molar-refractivity contribution in [3.8, 4) is 0 Å². The van der Waals surface area contributed by atoms with Crippen LogP contribution in [0.4, 0.5) is 8.78 Å². The van der Waals surface area contributed by atoms with E-state index in [1.54, 1.807) is 0 Å². The molecule has 0 unspecified atom stereocenters. The summed E-state index contributed by atoms with van der Waals surface area (Å²) in [6, 6.07) is 0. The third kappa shape index (κ3) is 2.84. The molecule has 144 valence electrons. The zero-order valence-electron chi connectivity index (χ0n) is 15.5. The zero-order chi connectivity index (χ0) is 18.7. The number of thioether (sulfide) groups is 1. The summed E-state index contributed by atoms with van der Waals surface area (Å²) in [6.45, 7) is 6.49. The number of aromatic nitrogens is 3. The highest BCUT2D eigenvalue weighted by Gasteiger charge is 2.62. The Balaban J connectivity index is 1.64. The molecular weight excluding hydrogens is 358 g/mol. The summed E-state index contributed by atoms with van der Waals surface area (Å²) < 4.78 is 27.8. The number of nitrogens with zero attached hydrogens (tertiary/aromatic N) is 3. The second kappa shape index (κ2) is 5.91. The number of alkyl halides is 2. The number of carbonyl (C=O) groups excluding carboxylic acids is 1. The van der Waals surface area contributed by atoms with Crippen LogP contribution in [-0.4, -0.2) is 26.5 Å². The molecular formula is C18H26F2N4OS. The van der Waals surface area contributed by atoms with Crippen LogP contribution in [-0.2, 0) is 4.79 Å². The number of hydrogen-bond acceptors (Lipinski definition) is 4. The molecule has 0 aromatic carbocycles. The average Bonchev–Trinajstić information content (AvgIpc) is 2.87. The molecule has 4 aliphatic rings. The molecule has 2 atom stereocenters. The molecule has 4 saturated carbocycles. The normalized spacial score (nSPS) is 38.2. The van der Waals surface area contributed by atoms with E-state index in [2.05, 4.69) is 29.5 Å². The van der Waals surface area contributed by atoms with E-state index in [9.17, 15) is 13.6 Å². The van der Waals surface area contributed by atoms with Crippen molar-refractivity contribution in [3.05, 3.63) is 5.82 Å². The van der Waals surface area contributed by atoms with Gasteiger partial charge in [-0.1, -0.05) is 32.5 Å². The number of rotatable bonds is 5. The second-order valence-electron chi connectivity index (χ2n) is 9.26. The van der Waals surface area contributed by atoms with Crippen LogP contribution in [0, 0.1) is 22.2 Å². The van der Waals surface area contributed by atoms with Gasteiger partial charge < -0.3 is 0 Å². The van der Waals surface area contributed by atoms with Gasteiger partial charge in [-0.05, 0) is 61.0 Å². The third-order valence-corrected chi connectivity index (χ3v) is 7.26. The molecule has 1 heterocycles. The molecule has 0 aliphatic heterocycles. The van der Waals surface area contributed by atoms with Gasteiger partial charge in [0.25, 0.3) is 6.43 Å². The molecule has 8 heteroatoms. The minimum Gasteiger partial charge on any atom is -0.273 e. The molecule has 4 aliphatic carbocycles. The molecule has 0 spiro atoms. The maximum absolute atomic E-state index is 13.3. The Kier molecular flexibility index (Phi) is 4.13. The van der Waals surface area contributed by atoms with Gasteiger partial charge in [-0.15, -0.1) is 10.2 Å². The lowest BCUT2D eigenvalue weighted by Crippen LogP contribution is -2.59. The van der Waals surface area contributed by atoms with Gasteiger partial charge in [0, 0.05) is 0 Å². The Labute approximate surface area is 156 Å². The first-order chi connectivity index (χ1) is 12.2. The van der Waals surface area contributed by atoms with Gasteiger partial charge in [0.2, 0.25) is 16.9 Å². The number of nitrogens with one attached hydrogen (secondary N) is 1. The van der Waals surface area contributed by atoms with Crippen molar-refractivity contribution in [2.45, 2.75) is 70.9 Å². The number of carbonyl (C=O) groups is 1. The van der Waals surface area contributed by atoms with Crippen LogP contribution in [0.3, 0.4) is 0 Å². The quantitative estimate of drug-likeness (QED) is 0.765. The molecule has 4 bridgehead atoms. The van der Waals surface area contributed by atoms with Crippen LogP contribution in [0.15, 0.2) is 5.16 Å². The third-order valence-electron chi connectivity index (χ3n) is 6.45. The van der Waals surface area contributed by atoms with E-state index in [4.69, 9.17) is 0 Å². The van der Waals surface area contributed by atoms with Gasteiger partial charge in [0.05, 0.1) is 5.41 Å². The number of halogens is 2. The van der Waals surface area contributed by atoms with Crippen molar-refractivity contribution in [2.24, 2.45) is 22.2 Å². The largest absolute Gasteiger partial charge is 0.299 e. The zero-order valence-corrected chi connectivity index (χ0v) is 16.3.